The van der Waals surface area contributed by atoms with Gasteiger partial charge in [-0.15, -0.1) is 0 Å². The predicted molar refractivity (Wildman–Crippen MR) is 75.1 cm³/mol. The highest BCUT2D eigenvalue weighted by atomic mass is 19.2. The number of rotatable bonds is 3. The Labute approximate surface area is 122 Å². The van der Waals surface area contributed by atoms with Gasteiger partial charge in [-0.05, 0) is 37.3 Å². The number of hydrogen-bond donors (Lipinski definition) is 1. The summed E-state index contributed by atoms with van der Waals surface area (Å²) >= 11 is 0. The third-order valence-corrected chi connectivity index (χ3v) is 4.00. The number of carbonyl (C=O) groups excluding carboxylic acids is 1. The third-order valence-electron chi connectivity index (χ3n) is 4.00. The standard InChI is InChI=1S/C16H18F3NO/c1-8(2)7-9-12(16(9,3)4)15(21)20-11-6-5-10(17)13(18)14(11)19/h5-7,9,12H,1-4H3,(H,20,21)/t9-,12+/m0/s1. The maximum absolute atomic E-state index is 13.6. The lowest BCUT2D eigenvalue weighted by atomic mass is 10.1. The molecule has 1 aliphatic rings. The Morgan fingerprint density at radius 3 is 2.38 bits per heavy atom. The van der Waals surface area contributed by atoms with Crippen LogP contribution in [0.3, 0.4) is 0 Å². The van der Waals surface area contributed by atoms with Crippen molar-refractivity contribution in [1.29, 1.82) is 0 Å². The summed E-state index contributed by atoms with van der Waals surface area (Å²) in [5, 5.41) is 2.35. The minimum absolute atomic E-state index is 0.0656. The van der Waals surface area contributed by atoms with Crippen molar-refractivity contribution >= 4 is 11.6 Å². The van der Waals surface area contributed by atoms with Gasteiger partial charge in [-0.3, -0.25) is 4.79 Å². The molecule has 114 valence electrons. The van der Waals surface area contributed by atoms with Crippen molar-refractivity contribution in [2.75, 3.05) is 5.32 Å². The van der Waals surface area contributed by atoms with Crippen molar-refractivity contribution in [2.45, 2.75) is 27.7 Å². The van der Waals surface area contributed by atoms with E-state index in [1.165, 1.54) is 0 Å². The summed E-state index contributed by atoms with van der Waals surface area (Å²) in [7, 11) is 0. The average Bonchev–Trinajstić information content (AvgIpc) is 2.90. The van der Waals surface area contributed by atoms with Crippen LogP contribution in [0, 0.1) is 34.7 Å². The van der Waals surface area contributed by atoms with Gasteiger partial charge in [0.15, 0.2) is 17.5 Å². The van der Waals surface area contributed by atoms with E-state index in [2.05, 4.69) is 5.32 Å². The van der Waals surface area contributed by atoms with Crippen LogP contribution in [0.5, 0.6) is 0 Å². The van der Waals surface area contributed by atoms with Gasteiger partial charge in [0.25, 0.3) is 0 Å². The Balaban J connectivity index is 2.17. The molecule has 0 aliphatic heterocycles. The van der Waals surface area contributed by atoms with Crippen LogP contribution >= 0.6 is 0 Å². The van der Waals surface area contributed by atoms with Crippen LogP contribution in [0.25, 0.3) is 0 Å². The van der Waals surface area contributed by atoms with E-state index in [-0.39, 0.29) is 28.8 Å². The number of nitrogens with one attached hydrogen (secondary N) is 1. The van der Waals surface area contributed by atoms with Crippen molar-refractivity contribution in [3.63, 3.8) is 0 Å². The highest BCUT2D eigenvalue weighted by Gasteiger charge is 2.60. The van der Waals surface area contributed by atoms with Crippen LogP contribution in [0.15, 0.2) is 23.8 Å². The summed E-state index contributed by atoms with van der Waals surface area (Å²) < 4.78 is 39.6. The second kappa shape index (κ2) is 5.20. The fourth-order valence-corrected chi connectivity index (χ4v) is 2.68. The van der Waals surface area contributed by atoms with Crippen molar-refractivity contribution < 1.29 is 18.0 Å². The van der Waals surface area contributed by atoms with Gasteiger partial charge in [0, 0.05) is 0 Å². The zero-order valence-electron chi connectivity index (χ0n) is 12.4. The van der Waals surface area contributed by atoms with Gasteiger partial charge in [-0.1, -0.05) is 25.5 Å². The topological polar surface area (TPSA) is 29.1 Å². The smallest absolute Gasteiger partial charge is 0.228 e. The number of hydrogen-bond acceptors (Lipinski definition) is 1. The highest BCUT2D eigenvalue weighted by molar-refractivity contribution is 5.95. The Morgan fingerprint density at radius 2 is 1.81 bits per heavy atom. The fraction of sp³-hybridized carbons (Fsp3) is 0.438. The summed E-state index contributed by atoms with van der Waals surface area (Å²) in [5.74, 6) is -4.85. The molecule has 2 nitrogen and oxygen atoms in total. The van der Waals surface area contributed by atoms with Crippen LogP contribution in [0.2, 0.25) is 0 Å². The lowest BCUT2D eigenvalue weighted by molar-refractivity contribution is -0.118. The Hall–Kier alpha value is -1.78. The van der Waals surface area contributed by atoms with E-state index in [4.69, 9.17) is 0 Å². The molecule has 1 fully saturated rings. The quantitative estimate of drug-likeness (QED) is 0.655. The zero-order chi connectivity index (χ0) is 15.9. The minimum Gasteiger partial charge on any atom is -0.323 e. The molecule has 2 atom stereocenters. The molecule has 0 unspecified atom stereocenters. The number of allylic oxidation sites excluding steroid dienone is 2. The predicted octanol–water partition coefficient (Wildman–Crippen LogP) is 4.28. The fourth-order valence-electron chi connectivity index (χ4n) is 2.68. The van der Waals surface area contributed by atoms with Crippen LogP contribution in [0.4, 0.5) is 18.9 Å². The average molecular weight is 297 g/mol. The molecule has 2 rings (SSSR count). The third kappa shape index (κ3) is 2.82. The largest absolute Gasteiger partial charge is 0.323 e. The van der Waals surface area contributed by atoms with E-state index in [1.54, 1.807) is 0 Å². The molecule has 1 saturated carbocycles. The Kier molecular flexibility index (Phi) is 3.87. The van der Waals surface area contributed by atoms with E-state index >= 15 is 0 Å². The van der Waals surface area contributed by atoms with Gasteiger partial charge in [-0.25, -0.2) is 13.2 Å². The summed E-state index contributed by atoms with van der Waals surface area (Å²) in [6.45, 7) is 7.78. The Bertz CT molecular complexity index is 618. The first-order valence-electron chi connectivity index (χ1n) is 6.75. The molecule has 1 amide bonds. The second-order valence-electron chi connectivity index (χ2n) is 6.28. The Morgan fingerprint density at radius 1 is 1.19 bits per heavy atom. The number of benzene rings is 1. The molecule has 0 radical (unpaired) electrons. The normalized spacial score (nSPS) is 22.6. The van der Waals surface area contributed by atoms with E-state index < -0.39 is 17.5 Å². The van der Waals surface area contributed by atoms with Crippen LogP contribution in [0.1, 0.15) is 27.7 Å². The van der Waals surface area contributed by atoms with Gasteiger partial charge < -0.3 is 5.32 Å². The van der Waals surface area contributed by atoms with Gasteiger partial charge in [0.05, 0.1) is 11.6 Å². The molecule has 0 aromatic heterocycles. The second-order valence-corrected chi connectivity index (χ2v) is 6.28. The number of amides is 1. The van der Waals surface area contributed by atoms with E-state index in [1.807, 2.05) is 33.8 Å². The maximum Gasteiger partial charge on any atom is 0.228 e. The first kappa shape index (κ1) is 15.6. The summed E-state index contributed by atoms with van der Waals surface area (Å²) in [5.41, 5.74) is 0.538. The van der Waals surface area contributed by atoms with Crippen LogP contribution in [-0.2, 0) is 4.79 Å². The van der Waals surface area contributed by atoms with Gasteiger partial charge in [-0.2, -0.15) is 0 Å². The van der Waals surface area contributed by atoms with Crippen LogP contribution in [-0.4, -0.2) is 5.91 Å². The molecule has 1 aromatic rings. The molecule has 0 heterocycles. The van der Waals surface area contributed by atoms with Gasteiger partial charge in [0.2, 0.25) is 5.91 Å². The molecule has 0 bridgehead atoms. The molecule has 5 heteroatoms. The molecule has 1 N–H and O–H groups in total. The lowest BCUT2D eigenvalue weighted by Crippen LogP contribution is -2.18. The van der Waals surface area contributed by atoms with Crippen molar-refractivity contribution in [3.8, 4) is 0 Å². The number of carbonyl (C=O) groups is 1. The molecule has 1 aromatic carbocycles. The monoisotopic (exact) mass is 297 g/mol. The molecule has 0 spiro atoms. The van der Waals surface area contributed by atoms with Crippen molar-refractivity contribution in [3.05, 3.63) is 41.2 Å². The summed E-state index contributed by atoms with van der Waals surface area (Å²) in [4.78, 5) is 12.2. The molecule has 1 aliphatic carbocycles. The first-order chi connectivity index (χ1) is 9.66. The maximum atomic E-state index is 13.6. The molecular formula is C16H18F3NO. The molecule has 0 saturated heterocycles. The van der Waals surface area contributed by atoms with Crippen molar-refractivity contribution in [1.82, 2.24) is 0 Å². The van der Waals surface area contributed by atoms with Crippen molar-refractivity contribution in [2.24, 2.45) is 17.3 Å². The summed E-state index contributed by atoms with van der Waals surface area (Å²) in [6, 6.07) is 1.82. The van der Waals surface area contributed by atoms with E-state index in [0.29, 0.717) is 0 Å². The number of anilines is 1. The lowest BCUT2D eigenvalue weighted by Gasteiger charge is -2.08. The first-order valence-corrected chi connectivity index (χ1v) is 6.75. The molecule has 21 heavy (non-hydrogen) atoms. The zero-order valence-corrected chi connectivity index (χ0v) is 12.4. The van der Waals surface area contributed by atoms with Crippen LogP contribution < -0.4 is 5.32 Å². The number of halogens is 3. The van der Waals surface area contributed by atoms with E-state index in [0.717, 1.165) is 17.7 Å². The van der Waals surface area contributed by atoms with E-state index in [9.17, 15) is 18.0 Å². The van der Waals surface area contributed by atoms with Gasteiger partial charge in [0.1, 0.15) is 0 Å². The van der Waals surface area contributed by atoms with Gasteiger partial charge >= 0.3 is 0 Å². The summed E-state index contributed by atoms with van der Waals surface area (Å²) in [6.07, 6.45) is 2.01. The SMILES string of the molecule is CC(C)=C[C@H]1[C@H](C(=O)Nc2ccc(F)c(F)c2F)C1(C)C. The molecular weight excluding hydrogens is 279 g/mol. The minimum atomic E-state index is -1.58. The highest BCUT2D eigenvalue weighted by Crippen LogP contribution is 2.59.